The summed E-state index contributed by atoms with van der Waals surface area (Å²) in [4.78, 5) is 11.2. The van der Waals surface area contributed by atoms with Gasteiger partial charge in [0.2, 0.25) is 5.91 Å². The molecule has 3 rings (SSSR count). The number of carbonyl (C=O) groups is 1. The first-order chi connectivity index (χ1) is 9.70. The summed E-state index contributed by atoms with van der Waals surface area (Å²) < 4.78 is 2.45. The SMILES string of the molecule is CCn1c2c(c3cc(NC(C)=O)ccc31)CCCCC2. The van der Waals surface area contributed by atoms with Crippen LogP contribution in [0.15, 0.2) is 18.2 Å². The van der Waals surface area contributed by atoms with Gasteiger partial charge in [0.1, 0.15) is 0 Å². The third-order valence-electron chi connectivity index (χ3n) is 4.26. The second kappa shape index (κ2) is 5.31. The lowest BCUT2D eigenvalue weighted by molar-refractivity contribution is -0.114. The van der Waals surface area contributed by atoms with Crippen molar-refractivity contribution >= 4 is 22.5 Å². The number of hydrogen-bond acceptors (Lipinski definition) is 1. The van der Waals surface area contributed by atoms with E-state index >= 15 is 0 Å². The van der Waals surface area contributed by atoms with Crippen LogP contribution in [0.2, 0.25) is 0 Å². The van der Waals surface area contributed by atoms with Crippen molar-refractivity contribution in [3.63, 3.8) is 0 Å². The summed E-state index contributed by atoms with van der Waals surface area (Å²) in [5.41, 5.74) is 5.24. The number of nitrogens with zero attached hydrogens (tertiary/aromatic N) is 1. The van der Waals surface area contributed by atoms with Crippen LogP contribution in [-0.2, 0) is 24.2 Å². The molecule has 0 spiro atoms. The molecule has 0 saturated heterocycles. The smallest absolute Gasteiger partial charge is 0.221 e. The van der Waals surface area contributed by atoms with Crippen LogP contribution in [0, 0.1) is 0 Å². The number of hydrogen-bond donors (Lipinski definition) is 1. The molecule has 2 aromatic rings. The Morgan fingerprint density at radius 2 is 2.05 bits per heavy atom. The molecular weight excluding hydrogens is 248 g/mol. The van der Waals surface area contributed by atoms with E-state index in [-0.39, 0.29) is 5.91 Å². The number of fused-ring (bicyclic) bond motifs is 3. The van der Waals surface area contributed by atoms with Crippen LogP contribution in [-0.4, -0.2) is 10.5 Å². The molecular formula is C17H22N2O. The number of nitrogens with one attached hydrogen (secondary N) is 1. The van der Waals surface area contributed by atoms with Gasteiger partial charge < -0.3 is 9.88 Å². The van der Waals surface area contributed by atoms with Gasteiger partial charge in [0.25, 0.3) is 0 Å². The molecule has 1 amide bonds. The number of amides is 1. The van der Waals surface area contributed by atoms with Gasteiger partial charge in [-0.15, -0.1) is 0 Å². The molecule has 1 heterocycles. The standard InChI is InChI=1S/C17H22N2O/c1-3-19-16-8-6-4-5-7-14(16)15-11-13(18-12(2)20)9-10-17(15)19/h9-11H,3-8H2,1-2H3,(H,18,20). The molecule has 0 unspecified atom stereocenters. The molecule has 3 nitrogen and oxygen atoms in total. The molecule has 20 heavy (non-hydrogen) atoms. The third-order valence-corrected chi connectivity index (χ3v) is 4.26. The van der Waals surface area contributed by atoms with Gasteiger partial charge in [-0.1, -0.05) is 6.42 Å². The summed E-state index contributed by atoms with van der Waals surface area (Å²) in [5, 5.41) is 4.23. The van der Waals surface area contributed by atoms with Gasteiger partial charge in [0, 0.05) is 35.8 Å². The van der Waals surface area contributed by atoms with E-state index in [0.717, 1.165) is 12.2 Å². The van der Waals surface area contributed by atoms with E-state index in [0.29, 0.717) is 0 Å². The van der Waals surface area contributed by atoms with Crippen molar-refractivity contribution < 1.29 is 4.79 Å². The maximum Gasteiger partial charge on any atom is 0.221 e. The van der Waals surface area contributed by atoms with Gasteiger partial charge >= 0.3 is 0 Å². The number of rotatable bonds is 2. The highest BCUT2D eigenvalue weighted by molar-refractivity contribution is 5.94. The second-order valence-corrected chi connectivity index (χ2v) is 5.64. The summed E-state index contributed by atoms with van der Waals surface area (Å²) in [6, 6.07) is 6.31. The minimum atomic E-state index is -0.00892. The molecule has 1 aromatic heterocycles. The first kappa shape index (κ1) is 13.2. The van der Waals surface area contributed by atoms with E-state index in [1.165, 1.54) is 54.3 Å². The predicted octanol–water partition coefficient (Wildman–Crippen LogP) is 3.89. The van der Waals surface area contributed by atoms with E-state index in [4.69, 9.17) is 0 Å². The van der Waals surface area contributed by atoms with Gasteiger partial charge in [-0.05, 0) is 56.4 Å². The molecule has 0 bridgehead atoms. The van der Waals surface area contributed by atoms with Crippen molar-refractivity contribution in [1.82, 2.24) is 4.57 Å². The lowest BCUT2D eigenvalue weighted by Crippen LogP contribution is -2.05. The average Bonchev–Trinajstić information content (AvgIpc) is 2.58. The summed E-state index contributed by atoms with van der Waals surface area (Å²) >= 11 is 0. The van der Waals surface area contributed by atoms with E-state index in [1.807, 2.05) is 6.07 Å². The number of benzene rings is 1. The summed E-state index contributed by atoms with van der Waals surface area (Å²) in [7, 11) is 0. The highest BCUT2D eigenvalue weighted by Crippen LogP contribution is 2.33. The highest BCUT2D eigenvalue weighted by atomic mass is 16.1. The van der Waals surface area contributed by atoms with Crippen LogP contribution < -0.4 is 5.32 Å². The molecule has 0 fully saturated rings. The average molecular weight is 270 g/mol. The van der Waals surface area contributed by atoms with E-state index in [9.17, 15) is 4.79 Å². The Bertz CT molecular complexity index is 655. The molecule has 1 N–H and O–H groups in total. The van der Waals surface area contributed by atoms with Crippen LogP contribution in [0.5, 0.6) is 0 Å². The van der Waals surface area contributed by atoms with Crippen LogP contribution in [0.1, 0.15) is 44.4 Å². The van der Waals surface area contributed by atoms with Crippen molar-refractivity contribution in [1.29, 1.82) is 0 Å². The molecule has 1 aliphatic rings. The van der Waals surface area contributed by atoms with Crippen molar-refractivity contribution in [2.75, 3.05) is 5.32 Å². The Morgan fingerprint density at radius 1 is 1.25 bits per heavy atom. The van der Waals surface area contributed by atoms with E-state index in [1.54, 1.807) is 6.92 Å². The van der Waals surface area contributed by atoms with E-state index in [2.05, 4.69) is 28.9 Å². The fraction of sp³-hybridized carbons (Fsp3) is 0.471. The molecule has 106 valence electrons. The summed E-state index contributed by atoms with van der Waals surface area (Å²) in [6.45, 7) is 4.79. The van der Waals surface area contributed by atoms with Crippen molar-refractivity contribution in [3.8, 4) is 0 Å². The zero-order valence-electron chi connectivity index (χ0n) is 12.3. The molecule has 3 heteroatoms. The molecule has 0 atom stereocenters. The monoisotopic (exact) mass is 270 g/mol. The second-order valence-electron chi connectivity index (χ2n) is 5.64. The first-order valence-corrected chi connectivity index (χ1v) is 7.62. The zero-order chi connectivity index (χ0) is 14.1. The maximum absolute atomic E-state index is 11.2. The van der Waals surface area contributed by atoms with Crippen LogP contribution in [0.25, 0.3) is 10.9 Å². The number of anilines is 1. The molecule has 0 saturated carbocycles. The summed E-state index contributed by atoms with van der Waals surface area (Å²) in [6.07, 6.45) is 6.25. The fourth-order valence-electron chi connectivity index (χ4n) is 3.45. The fourth-order valence-corrected chi connectivity index (χ4v) is 3.45. The predicted molar refractivity (Wildman–Crippen MR) is 83.2 cm³/mol. The highest BCUT2D eigenvalue weighted by Gasteiger charge is 2.18. The molecule has 0 aliphatic heterocycles. The van der Waals surface area contributed by atoms with Crippen LogP contribution in [0.3, 0.4) is 0 Å². The lowest BCUT2D eigenvalue weighted by Gasteiger charge is -2.07. The van der Waals surface area contributed by atoms with Crippen molar-refractivity contribution in [2.24, 2.45) is 0 Å². The van der Waals surface area contributed by atoms with Crippen molar-refractivity contribution in [2.45, 2.75) is 52.5 Å². The quantitative estimate of drug-likeness (QED) is 0.825. The first-order valence-electron chi connectivity index (χ1n) is 7.62. The normalized spacial score (nSPS) is 14.9. The Kier molecular flexibility index (Phi) is 3.51. The van der Waals surface area contributed by atoms with Gasteiger partial charge in [0.15, 0.2) is 0 Å². The third kappa shape index (κ3) is 2.21. The van der Waals surface area contributed by atoms with Gasteiger partial charge in [-0.2, -0.15) is 0 Å². The van der Waals surface area contributed by atoms with Crippen molar-refractivity contribution in [3.05, 3.63) is 29.5 Å². The Labute approximate surface area is 120 Å². The minimum absolute atomic E-state index is 0.00892. The molecule has 1 aliphatic carbocycles. The number of aromatic nitrogens is 1. The Morgan fingerprint density at radius 3 is 2.80 bits per heavy atom. The molecule has 0 radical (unpaired) electrons. The molecule has 1 aromatic carbocycles. The van der Waals surface area contributed by atoms with Gasteiger partial charge in [0.05, 0.1) is 0 Å². The number of carbonyl (C=O) groups excluding carboxylic acids is 1. The topological polar surface area (TPSA) is 34.0 Å². The van der Waals surface area contributed by atoms with Gasteiger partial charge in [-0.25, -0.2) is 0 Å². The maximum atomic E-state index is 11.2. The van der Waals surface area contributed by atoms with Crippen LogP contribution in [0.4, 0.5) is 5.69 Å². The Balaban J connectivity index is 2.18. The van der Waals surface area contributed by atoms with Crippen LogP contribution >= 0.6 is 0 Å². The minimum Gasteiger partial charge on any atom is -0.345 e. The summed E-state index contributed by atoms with van der Waals surface area (Å²) in [5.74, 6) is -0.00892. The van der Waals surface area contributed by atoms with E-state index < -0.39 is 0 Å². The van der Waals surface area contributed by atoms with Gasteiger partial charge in [-0.3, -0.25) is 4.79 Å². The largest absolute Gasteiger partial charge is 0.345 e. The Hall–Kier alpha value is -1.77. The number of aryl methyl sites for hydroxylation is 2. The lowest BCUT2D eigenvalue weighted by atomic mass is 10.1. The zero-order valence-corrected chi connectivity index (χ0v) is 12.3.